The fraction of sp³-hybridized carbons (Fsp3) is 0.364. The van der Waals surface area contributed by atoms with Gasteiger partial charge in [0, 0.05) is 6.42 Å². The van der Waals surface area contributed by atoms with Gasteiger partial charge in [-0.15, -0.1) is 10.2 Å². The summed E-state index contributed by atoms with van der Waals surface area (Å²) in [6.07, 6.45) is -1.72. The smallest absolute Gasteiger partial charge is 0.177 e. The van der Waals surface area contributed by atoms with Crippen LogP contribution in [0.25, 0.3) is 0 Å². The van der Waals surface area contributed by atoms with Gasteiger partial charge in [-0.2, -0.15) is 4.80 Å². The molecule has 0 aliphatic heterocycles. The number of hydrogen-bond acceptors (Lipinski definition) is 5. The Morgan fingerprint density at radius 1 is 1.24 bits per heavy atom. The summed E-state index contributed by atoms with van der Waals surface area (Å²) in [6.45, 7) is 0. The molecule has 0 saturated heterocycles. The molecule has 0 saturated carbocycles. The molecule has 1 heterocycles. The molecule has 1 aromatic carbocycles. The van der Waals surface area contributed by atoms with Crippen LogP contribution in [0.2, 0.25) is 0 Å². The molecule has 0 aliphatic rings. The van der Waals surface area contributed by atoms with Gasteiger partial charge in [0.15, 0.2) is 5.82 Å². The van der Waals surface area contributed by atoms with Crippen molar-refractivity contribution in [2.75, 3.05) is 0 Å². The molecule has 0 spiro atoms. The topological polar surface area (TPSA) is 84.1 Å². The number of tetrazole rings is 1. The number of aromatic nitrogens is 4. The van der Waals surface area contributed by atoms with Crippen LogP contribution in [0.15, 0.2) is 30.3 Å². The third kappa shape index (κ3) is 2.86. The molecule has 2 atom stereocenters. The first-order valence-corrected chi connectivity index (χ1v) is 5.31. The lowest BCUT2D eigenvalue weighted by atomic mass is 10.0. The molecule has 0 fully saturated rings. The van der Waals surface area contributed by atoms with E-state index in [1.807, 2.05) is 18.2 Å². The minimum atomic E-state index is -0.944. The zero-order valence-electron chi connectivity index (χ0n) is 9.43. The summed E-state index contributed by atoms with van der Waals surface area (Å²) in [4.78, 5) is 1.32. The van der Waals surface area contributed by atoms with Crippen molar-refractivity contribution in [2.24, 2.45) is 7.05 Å². The standard InChI is InChI=1S/C11H14N4O2/c1-15-13-10(12-14-15)7-9(16)11(17)8-5-3-2-4-6-8/h2-6,9,11,16-17H,7H2,1H3. The Kier molecular flexibility index (Phi) is 3.46. The Morgan fingerprint density at radius 3 is 2.53 bits per heavy atom. The van der Waals surface area contributed by atoms with E-state index in [4.69, 9.17) is 0 Å². The summed E-state index contributed by atoms with van der Waals surface area (Å²) in [7, 11) is 1.65. The molecule has 2 unspecified atom stereocenters. The van der Waals surface area contributed by atoms with E-state index in [0.29, 0.717) is 11.4 Å². The first-order valence-electron chi connectivity index (χ1n) is 5.31. The van der Waals surface area contributed by atoms with Crippen molar-refractivity contribution in [2.45, 2.75) is 18.6 Å². The van der Waals surface area contributed by atoms with Gasteiger partial charge in [0.25, 0.3) is 0 Å². The number of aryl methyl sites for hydroxylation is 1. The van der Waals surface area contributed by atoms with E-state index < -0.39 is 12.2 Å². The van der Waals surface area contributed by atoms with E-state index >= 15 is 0 Å². The molecule has 0 aliphatic carbocycles. The van der Waals surface area contributed by atoms with E-state index in [1.54, 1.807) is 19.2 Å². The summed E-state index contributed by atoms with van der Waals surface area (Å²) in [5.41, 5.74) is 0.670. The predicted octanol–water partition coefficient (Wildman–Crippen LogP) is -0.153. The Morgan fingerprint density at radius 2 is 1.94 bits per heavy atom. The van der Waals surface area contributed by atoms with Crippen molar-refractivity contribution in [3.63, 3.8) is 0 Å². The third-order valence-electron chi connectivity index (χ3n) is 2.45. The summed E-state index contributed by atoms with van der Waals surface area (Å²) >= 11 is 0. The molecular weight excluding hydrogens is 220 g/mol. The van der Waals surface area contributed by atoms with E-state index in [-0.39, 0.29) is 6.42 Å². The molecule has 0 amide bonds. The van der Waals surface area contributed by atoms with Crippen molar-refractivity contribution in [3.05, 3.63) is 41.7 Å². The van der Waals surface area contributed by atoms with E-state index in [9.17, 15) is 10.2 Å². The normalized spacial score (nSPS) is 14.5. The fourth-order valence-electron chi connectivity index (χ4n) is 1.58. The maximum absolute atomic E-state index is 9.92. The average molecular weight is 234 g/mol. The maximum atomic E-state index is 9.92. The highest BCUT2D eigenvalue weighted by Crippen LogP contribution is 2.18. The molecule has 2 aromatic rings. The van der Waals surface area contributed by atoms with Crippen molar-refractivity contribution in [1.29, 1.82) is 0 Å². The molecule has 2 N–H and O–H groups in total. The summed E-state index contributed by atoms with van der Waals surface area (Å²) in [5, 5.41) is 31.2. The molecule has 0 bridgehead atoms. The predicted molar refractivity (Wildman–Crippen MR) is 59.9 cm³/mol. The maximum Gasteiger partial charge on any atom is 0.177 e. The number of nitrogens with zero attached hydrogens (tertiary/aromatic N) is 4. The summed E-state index contributed by atoms with van der Waals surface area (Å²) in [6, 6.07) is 9.00. The third-order valence-corrected chi connectivity index (χ3v) is 2.45. The molecule has 1 aromatic heterocycles. The highest BCUT2D eigenvalue weighted by molar-refractivity contribution is 5.18. The number of benzene rings is 1. The zero-order chi connectivity index (χ0) is 12.3. The van der Waals surface area contributed by atoms with Gasteiger partial charge in [-0.3, -0.25) is 0 Å². The molecular formula is C11H14N4O2. The lowest BCUT2D eigenvalue weighted by Gasteiger charge is -2.16. The van der Waals surface area contributed by atoms with Gasteiger partial charge in [0.1, 0.15) is 6.10 Å². The lowest BCUT2D eigenvalue weighted by molar-refractivity contribution is 0.0178. The van der Waals surface area contributed by atoms with E-state index in [1.165, 1.54) is 4.80 Å². The lowest BCUT2D eigenvalue weighted by Crippen LogP contribution is -2.21. The second-order valence-electron chi connectivity index (χ2n) is 3.82. The van der Waals surface area contributed by atoms with Crippen LogP contribution in [0.1, 0.15) is 17.5 Å². The SMILES string of the molecule is Cn1nnc(CC(O)C(O)c2ccccc2)n1. The highest BCUT2D eigenvalue weighted by atomic mass is 16.3. The van der Waals surface area contributed by atoms with Crippen LogP contribution < -0.4 is 0 Å². The van der Waals surface area contributed by atoms with Gasteiger partial charge >= 0.3 is 0 Å². The molecule has 6 heteroatoms. The minimum absolute atomic E-state index is 0.171. The highest BCUT2D eigenvalue weighted by Gasteiger charge is 2.20. The van der Waals surface area contributed by atoms with Crippen LogP contribution in [0.3, 0.4) is 0 Å². The first kappa shape index (κ1) is 11.7. The Bertz CT molecular complexity index is 471. The molecule has 6 nitrogen and oxygen atoms in total. The van der Waals surface area contributed by atoms with Gasteiger partial charge in [0.05, 0.1) is 13.2 Å². The summed E-state index contributed by atoms with van der Waals surface area (Å²) in [5.74, 6) is 0.412. The van der Waals surface area contributed by atoms with Crippen LogP contribution >= 0.6 is 0 Å². The quantitative estimate of drug-likeness (QED) is 0.768. The van der Waals surface area contributed by atoms with Crippen LogP contribution in [0.5, 0.6) is 0 Å². The van der Waals surface area contributed by atoms with Crippen LogP contribution in [-0.4, -0.2) is 36.5 Å². The van der Waals surface area contributed by atoms with Crippen molar-refractivity contribution >= 4 is 0 Å². The van der Waals surface area contributed by atoms with Crippen molar-refractivity contribution in [3.8, 4) is 0 Å². The van der Waals surface area contributed by atoms with Gasteiger partial charge < -0.3 is 10.2 Å². The largest absolute Gasteiger partial charge is 0.390 e. The molecule has 2 rings (SSSR count). The molecule has 0 radical (unpaired) electrons. The van der Waals surface area contributed by atoms with Crippen molar-refractivity contribution in [1.82, 2.24) is 20.2 Å². The van der Waals surface area contributed by atoms with Gasteiger partial charge in [-0.25, -0.2) is 0 Å². The summed E-state index contributed by atoms with van der Waals surface area (Å²) < 4.78 is 0. The van der Waals surface area contributed by atoms with E-state index in [2.05, 4.69) is 15.4 Å². The Labute approximate surface area is 98.5 Å². The Balaban J connectivity index is 2.03. The van der Waals surface area contributed by atoms with Gasteiger partial charge in [-0.05, 0) is 10.8 Å². The van der Waals surface area contributed by atoms with Gasteiger partial charge in [0.2, 0.25) is 0 Å². The van der Waals surface area contributed by atoms with Gasteiger partial charge in [-0.1, -0.05) is 30.3 Å². The number of rotatable bonds is 4. The number of hydrogen-bond donors (Lipinski definition) is 2. The Hall–Kier alpha value is -1.79. The van der Waals surface area contributed by atoms with E-state index in [0.717, 1.165) is 0 Å². The number of aliphatic hydroxyl groups excluding tert-OH is 2. The monoisotopic (exact) mass is 234 g/mol. The van der Waals surface area contributed by atoms with Crippen LogP contribution in [-0.2, 0) is 13.5 Å². The van der Waals surface area contributed by atoms with Crippen LogP contribution in [0.4, 0.5) is 0 Å². The average Bonchev–Trinajstić information content (AvgIpc) is 2.75. The van der Waals surface area contributed by atoms with Crippen molar-refractivity contribution < 1.29 is 10.2 Å². The zero-order valence-corrected chi connectivity index (χ0v) is 9.43. The molecule has 90 valence electrons. The second kappa shape index (κ2) is 5.03. The fourth-order valence-corrected chi connectivity index (χ4v) is 1.58. The van der Waals surface area contributed by atoms with Crippen LogP contribution in [0, 0.1) is 0 Å². The second-order valence-corrected chi connectivity index (χ2v) is 3.82. The minimum Gasteiger partial charge on any atom is -0.390 e. The molecule has 17 heavy (non-hydrogen) atoms. The first-order chi connectivity index (χ1) is 8.16. The number of aliphatic hydroxyl groups is 2.